The van der Waals surface area contributed by atoms with Crippen molar-refractivity contribution in [1.82, 2.24) is 9.80 Å². The average Bonchev–Trinajstić information content (AvgIpc) is 3.00. The van der Waals surface area contributed by atoms with Crippen molar-refractivity contribution in [2.24, 2.45) is 0 Å². The van der Waals surface area contributed by atoms with Gasteiger partial charge in [-0.2, -0.15) is 0 Å². The fraction of sp³-hybridized carbons (Fsp3) is 0.412. The molecule has 3 aromatic carbocycles. The number of benzene rings is 3. The van der Waals surface area contributed by atoms with E-state index in [0.717, 1.165) is 31.2 Å². The van der Waals surface area contributed by atoms with Gasteiger partial charge in [0.2, 0.25) is 5.91 Å². The first-order chi connectivity index (χ1) is 20.5. The van der Waals surface area contributed by atoms with E-state index in [2.05, 4.69) is 0 Å². The molecule has 42 heavy (non-hydrogen) atoms. The molecule has 1 aliphatic heterocycles. The van der Waals surface area contributed by atoms with E-state index in [9.17, 15) is 14.0 Å². The van der Waals surface area contributed by atoms with Gasteiger partial charge >= 0.3 is 0 Å². The van der Waals surface area contributed by atoms with E-state index in [4.69, 9.17) is 14.2 Å². The summed E-state index contributed by atoms with van der Waals surface area (Å²) < 4.78 is 30.9. The lowest BCUT2D eigenvalue weighted by atomic mass is 10.0. The van der Waals surface area contributed by atoms with Crippen LogP contribution in [0, 0.1) is 5.82 Å². The summed E-state index contributed by atoms with van der Waals surface area (Å²) in [5.74, 6) is 0.393. The number of ether oxygens (including phenoxy) is 3. The van der Waals surface area contributed by atoms with Crippen LogP contribution in [0.15, 0.2) is 78.9 Å². The molecule has 2 amide bonds. The second kappa shape index (κ2) is 16.5. The Morgan fingerprint density at radius 2 is 1.69 bits per heavy atom. The molecule has 0 aliphatic carbocycles. The molecule has 3 aromatic rings. The molecule has 1 heterocycles. The molecule has 0 saturated carbocycles. The minimum atomic E-state index is -0.380. The predicted molar refractivity (Wildman–Crippen MR) is 160 cm³/mol. The van der Waals surface area contributed by atoms with E-state index in [1.54, 1.807) is 25.3 Å². The molecule has 0 radical (unpaired) electrons. The van der Waals surface area contributed by atoms with Gasteiger partial charge in [-0.15, -0.1) is 0 Å². The van der Waals surface area contributed by atoms with Crippen molar-refractivity contribution in [1.29, 1.82) is 0 Å². The molecule has 0 N–H and O–H groups in total. The number of halogens is 1. The maximum Gasteiger partial charge on any atom is 0.257 e. The van der Waals surface area contributed by atoms with E-state index < -0.39 is 0 Å². The van der Waals surface area contributed by atoms with Crippen molar-refractivity contribution in [3.05, 3.63) is 95.8 Å². The Kier molecular flexibility index (Phi) is 12.2. The van der Waals surface area contributed by atoms with Crippen molar-refractivity contribution in [2.45, 2.75) is 44.6 Å². The molecular formula is C34H41FN2O5. The van der Waals surface area contributed by atoms with Gasteiger partial charge in [0, 0.05) is 32.8 Å². The number of amides is 2. The SMILES string of the molecule is COCCN1CCCCCCN(C(=O)CCOc2cccc(F)c2)[C@@H](Cc2ccccc2)COc2ccccc2C1=O. The van der Waals surface area contributed by atoms with Crippen molar-refractivity contribution in [3.63, 3.8) is 0 Å². The van der Waals surface area contributed by atoms with E-state index in [1.165, 1.54) is 12.1 Å². The Bertz CT molecular complexity index is 1270. The minimum Gasteiger partial charge on any atom is -0.493 e. The molecule has 224 valence electrons. The van der Waals surface area contributed by atoms with Crippen LogP contribution in [-0.4, -0.2) is 74.2 Å². The van der Waals surface area contributed by atoms with Gasteiger partial charge in [-0.05, 0) is 49.1 Å². The highest BCUT2D eigenvalue weighted by atomic mass is 19.1. The smallest absolute Gasteiger partial charge is 0.257 e. The summed E-state index contributed by atoms with van der Waals surface area (Å²) >= 11 is 0. The zero-order valence-corrected chi connectivity index (χ0v) is 24.4. The fourth-order valence-electron chi connectivity index (χ4n) is 5.19. The van der Waals surface area contributed by atoms with Gasteiger partial charge in [-0.3, -0.25) is 9.59 Å². The van der Waals surface area contributed by atoms with Crippen LogP contribution in [0.1, 0.15) is 48.0 Å². The van der Waals surface area contributed by atoms with E-state index in [0.29, 0.717) is 49.7 Å². The third-order valence-electron chi connectivity index (χ3n) is 7.43. The predicted octanol–water partition coefficient (Wildman–Crippen LogP) is 5.78. The molecule has 7 nitrogen and oxygen atoms in total. The zero-order chi connectivity index (χ0) is 29.6. The maximum absolute atomic E-state index is 13.7. The van der Waals surface area contributed by atoms with E-state index in [-0.39, 0.29) is 43.3 Å². The molecule has 0 aromatic heterocycles. The molecule has 0 unspecified atom stereocenters. The number of nitrogens with zero attached hydrogens (tertiary/aromatic N) is 2. The fourth-order valence-corrected chi connectivity index (χ4v) is 5.19. The highest BCUT2D eigenvalue weighted by Crippen LogP contribution is 2.23. The van der Waals surface area contributed by atoms with Crippen LogP contribution in [0.2, 0.25) is 0 Å². The summed E-state index contributed by atoms with van der Waals surface area (Å²) in [4.78, 5) is 31.0. The molecule has 1 atom stereocenters. The summed E-state index contributed by atoms with van der Waals surface area (Å²) in [6.07, 6.45) is 4.35. The standard InChI is InChI=1S/C34H41FN2O5/c1-40-23-21-36-19-9-2-3-10-20-37(33(38)18-22-41-30-15-11-14-28(35)25-30)29(24-27-12-5-4-6-13-27)26-42-32-17-8-7-16-31(32)34(36)39/h4-8,11-17,25,29H,2-3,9-10,18-24,26H2,1H3/t29-/m0/s1. The van der Waals surface area contributed by atoms with Crippen LogP contribution < -0.4 is 9.47 Å². The molecule has 8 heteroatoms. The topological polar surface area (TPSA) is 68.3 Å². The summed E-state index contributed by atoms with van der Waals surface area (Å²) in [6, 6.07) is 23.0. The number of rotatable bonds is 9. The molecule has 0 fully saturated rings. The number of para-hydroxylation sites is 1. The second-order valence-corrected chi connectivity index (χ2v) is 10.5. The molecule has 0 bridgehead atoms. The van der Waals surface area contributed by atoms with Gasteiger partial charge in [-0.1, -0.05) is 61.4 Å². The van der Waals surface area contributed by atoms with Crippen molar-refractivity contribution < 1.29 is 28.2 Å². The van der Waals surface area contributed by atoms with Crippen LogP contribution in [0.4, 0.5) is 4.39 Å². The van der Waals surface area contributed by atoms with Crippen molar-refractivity contribution in [2.75, 3.05) is 46.6 Å². The van der Waals surface area contributed by atoms with Gasteiger partial charge < -0.3 is 24.0 Å². The first-order valence-electron chi connectivity index (χ1n) is 14.8. The Morgan fingerprint density at radius 3 is 2.48 bits per heavy atom. The second-order valence-electron chi connectivity index (χ2n) is 10.5. The number of hydrogen-bond donors (Lipinski definition) is 0. The Labute approximate surface area is 248 Å². The molecule has 0 saturated heterocycles. The lowest BCUT2D eigenvalue weighted by Gasteiger charge is -2.33. The van der Waals surface area contributed by atoms with Crippen LogP contribution in [0.3, 0.4) is 0 Å². The number of methoxy groups -OCH3 is 1. The first-order valence-corrected chi connectivity index (χ1v) is 14.8. The number of fused-ring (bicyclic) bond motifs is 1. The molecule has 0 spiro atoms. The van der Waals surface area contributed by atoms with Gasteiger partial charge in [0.15, 0.2) is 0 Å². The summed E-state index contributed by atoms with van der Waals surface area (Å²) in [5.41, 5.74) is 1.60. The lowest BCUT2D eigenvalue weighted by molar-refractivity contribution is -0.134. The molecular weight excluding hydrogens is 535 g/mol. The normalized spacial score (nSPS) is 16.7. The Balaban J connectivity index is 1.56. The highest BCUT2D eigenvalue weighted by molar-refractivity contribution is 5.97. The van der Waals surface area contributed by atoms with Crippen LogP contribution in [0.25, 0.3) is 0 Å². The zero-order valence-electron chi connectivity index (χ0n) is 24.4. The molecule has 1 aliphatic rings. The van der Waals surface area contributed by atoms with E-state index >= 15 is 0 Å². The first kappa shape index (κ1) is 31.0. The lowest BCUT2D eigenvalue weighted by Crippen LogP contribution is -2.46. The van der Waals surface area contributed by atoms with Gasteiger partial charge in [0.05, 0.1) is 31.2 Å². The highest BCUT2D eigenvalue weighted by Gasteiger charge is 2.26. The third kappa shape index (κ3) is 9.31. The maximum atomic E-state index is 13.7. The van der Waals surface area contributed by atoms with Gasteiger partial charge in [0.25, 0.3) is 5.91 Å². The van der Waals surface area contributed by atoms with Crippen LogP contribution >= 0.6 is 0 Å². The average molecular weight is 577 g/mol. The summed E-state index contributed by atoms with van der Waals surface area (Å²) in [6.45, 7) is 2.58. The number of carbonyl (C=O) groups is 2. The third-order valence-corrected chi connectivity index (χ3v) is 7.43. The quantitative estimate of drug-likeness (QED) is 0.323. The Hall–Kier alpha value is -3.91. The minimum absolute atomic E-state index is 0.0434. The monoisotopic (exact) mass is 576 g/mol. The molecule has 4 rings (SSSR count). The Morgan fingerprint density at radius 1 is 0.929 bits per heavy atom. The summed E-state index contributed by atoms with van der Waals surface area (Å²) in [5, 5.41) is 0. The van der Waals surface area contributed by atoms with Crippen LogP contribution in [-0.2, 0) is 16.0 Å². The largest absolute Gasteiger partial charge is 0.493 e. The van der Waals surface area contributed by atoms with Crippen molar-refractivity contribution >= 4 is 11.8 Å². The van der Waals surface area contributed by atoms with Gasteiger partial charge in [0.1, 0.15) is 23.9 Å². The van der Waals surface area contributed by atoms with Gasteiger partial charge in [-0.25, -0.2) is 4.39 Å². The van der Waals surface area contributed by atoms with Crippen LogP contribution in [0.5, 0.6) is 11.5 Å². The van der Waals surface area contributed by atoms with E-state index in [1.807, 2.05) is 58.3 Å². The number of hydrogen-bond acceptors (Lipinski definition) is 5. The van der Waals surface area contributed by atoms with Crippen molar-refractivity contribution in [3.8, 4) is 11.5 Å². The summed E-state index contributed by atoms with van der Waals surface area (Å²) in [7, 11) is 1.64. The number of carbonyl (C=O) groups excluding carboxylic acids is 2.